The summed E-state index contributed by atoms with van der Waals surface area (Å²) in [7, 11) is -2.24. The summed E-state index contributed by atoms with van der Waals surface area (Å²) in [6.07, 6.45) is 3.79. The molecule has 2 N–H and O–H groups in total. The smallest absolute Gasteiger partial charge is 0.337 e. The molecular weight excluding hydrogens is 354 g/mol. The van der Waals surface area contributed by atoms with Crippen LogP contribution in [0.4, 0.5) is 0 Å². The van der Waals surface area contributed by atoms with E-state index in [0.29, 0.717) is 12.2 Å². The van der Waals surface area contributed by atoms with E-state index < -0.39 is 16.0 Å². The van der Waals surface area contributed by atoms with E-state index in [1.807, 2.05) is 30.3 Å². The van der Waals surface area contributed by atoms with Crippen LogP contribution in [0.5, 0.6) is 0 Å². The number of benzene rings is 1. The van der Waals surface area contributed by atoms with Gasteiger partial charge in [-0.3, -0.25) is 4.98 Å². The number of nitrogens with zero attached hydrogens (tertiary/aromatic N) is 2. The number of carboxylic acid groups (broad SMARTS) is 1. The van der Waals surface area contributed by atoms with Gasteiger partial charge in [-0.1, -0.05) is 30.3 Å². The fourth-order valence-electron chi connectivity index (χ4n) is 2.61. The first-order valence-electron chi connectivity index (χ1n) is 7.78. The van der Waals surface area contributed by atoms with Crippen molar-refractivity contribution in [1.29, 1.82) is 0 Å². The lowest BCUT2D eigenvalue weighted by molar-refractivity contribution is 0.0696. The zero-order chi connectivity index (χ0) is 18.7. The minimum Gasteiger partial charge on any atom is -0.478 e. The van der Waals surface area contributed by atoms with Gasteiger partial charge in [0.15, 0.2) is 0 Å². The number of rotatable bonds is 6. The van der Waals surface area contributed by atoms with Crippen molar-refractivity contribution in [2.24, 2.45) is 0 Å². The summed E-state index contributed by atoms with van der Waals surface area (Å²) >= 11 is 0. The number of aromatic nitrogens is 2. The molecule has 0 aliphatic carbocycles. The van der Waals surface area contributed by atoms with Crippen LogP contribution in [0.1, 0.15) is 15.9 Å². The second kappa shape index (κ2) is 7.11. The van der Waals surface area contributed by atoms with Gasteiger partial charge in [0, 0.05) is 25.1 Å². The second-order valence-electron chi connectivity index (χ2n) is 5.65. The van der Waals surface area contributed by atoms with Gasteiger partial charge in [0.1, 0.15) is 4.90 Å². The monoisotopic (exact) mass is 371 g/mol. The minimum atomic E-state index is -4.01. The number of pyridine rings is 1. The summed E-state index contributed by atoms with van der Waals surface area (Å²) in [6.45, 7) is 0.496. The first kappa shape index (κ1) is 17.8. The van der Waals surface area contributed by atoms with Crippen molar-refractivity contribution in [2.75, 3.05) is 7.05 Å². The minimum absolute atomic E-state index is 0.179. The van der Waals surface area contributed by atoms with Gasteiger partial charge < -0.3 is 10.4 Å². The third-order valence-electron chi connectivity index (χ3n) is 3.81. The Hall–Kier alpha value is -2.97. The summed E-state index contributed by atoms with van der Waals surface area (Å²) in [5, 5.41) is 12.1. The third-order valence-corrected chi connectivity index (χ3v) is 5.45. The van der Waals surface area contributed by atoms with Crippen molar-refractivity contribution < 1.29 is 18.3 Å². The standard InChI is InChI=1S/C18H17N3O4S/c1-19-9-13-7-17(14-5-3-2-4-6-14)21(12-13)26(24,25)16-8-15(18(22)23)10-20-11-16/h2-8,10-12,19H,9H2,1H3,(H,22,23). The molecule has 0 unspecified atom stereocenters. The molecular formula is C18H17N3O4S. The highest BCUT2D eigenvalue weighted by Crippen LogP contribution is 2.27. The highest BCUT2D eigenvalue weighted by Gasteiger charge is 2.23. The molecule has 0 aliphatic heterocycles. The zero-order valence-electron chi connectivity index (χ0n) is 14.0. The van der Waals surface area contributed by atoms with Crippen LogP contribution in [0.2, 0.25) is 0 Å². The lowest BCUT2D eigenvalue weighted by Gasteiger charge is -2.11. The molecule has 0 spiro atoms. The number of hydrogen-bond donors (Lipinski definition) is 2. The van der Waals surface area contributed by atoms with E-state index in [2.05, 4.69) is 10.3 Å². The largest absolute Gasteiger partial charge is 0.478 e. The molecule has 0 atom stereocenters. The van der Waals surface area contributed by atoms with E-state index in [4.69, 9.17) is 5.11 Å². The van der Waals surface area contributed by atoms with Gasteiger partial charge in [-0.15, -0.1) is 0 Å². The molecule has 3 aromatic rings. The molecule has 7 nitrogen and oxygen atoms in total. The average Bonchev–Trinajstić information content (AvgIpc) is 3.08. The van der Waals surface area contributed by atoms with Gasteiger partial charge in [0.05, 0.1) is 11.3 Å². The Labute approximate surface area is 151 Å². The molecule has 0 saturated heterocycles. The maximum atomic E-state index is 13.1. The molecule has 0 saturated carbocycles. The zero-order valence-corrected chi connectivity index (χ0v) is 14.8. The van der Waals surface area contributed by atoms with Gasteiger partial charge in [0.2, 0.25) is 0 Å². The first-order valence-corrected chi connectivity index (χ1v) is 9.22. The van der Waals surface area contributed by atoms with Crippen LogP contribution in [0.25, 0.3) is 11.3 Å². The van der Waals surface area contributed by atoms with Crippen LogP contribution < -0.4 is 5.32 Å². The Morgan fingerprint density at radius 2 is 1.92 bits per heavy atom. The van der Waals surface area contributed by atoms with Gasteiger partial charge in [-0.2, -0.15) is 0 Å². The lowest BCUT2D eigenvalue weighted by atomic mass is 10.1. The molecule has 134 valence electrons. The molecule has 0 fully saturated rings. The summed E-state index contributed by atoms with van der Waals surface area (Å²) < 4.78 is 27.4. The summed E-state index contributed by atoms with van der Waals surface area (Å²) in [5.74, 6) is -1.23. The topological polar surface area (TPSA) is 101 Å². The molecule has 1 aromatic carbocycles. The van der Waals surface area contributed by atoms with Crippen molar-refractivity contribution in [2.45, 2.75) is 11.4 Å². The first-order chi connectivity index (χ1) is 12.4. The van der Waals surface area contributed by atoms with Crippen LogP contribution in [-0.4, -0.2) is 35.5 Å². The maximum Gasteiger partial charge on any atom is 0.337 e. The molecule has 2 aromatic heterocycles. The van der Waals surface area contributed by atoms with E-state index in [1.165, 1.54) is 6.20 Å². The molecule has 2 heterocycles. The number of aromatic carboxylic acids is 1. The van der Waals surface area contributed by atoms with E-state index in [1.54, 1.807) is 13.1 Å². The van der Waals surface area contributed by atoms with Crippen molar-refractivity contribution in [3.63, 3.8) is 0 Å². The van der Waals surface area contributed by atoms with Crippen LogP contribution in [0.3, 0.4) is 0 Å². The van der Waals surface area contributed by atoms with Gasteiger partial charge in [-0.05, 0) is 30.3 Å². The van der Waals surface area contributed by atoms with Gasteiger partial charge >= 0.3 is 5.97 Å². The highest BCUT2D eigenvalue weighted by molar-refractivity contribution is 7.90. The third kappa shape index (κ3) is 3.37. The summed E-state index contributed by atoms with van der Waals surface area (Å²) in [4.78, 5) is 14.7. The van der Waals surface area contributed by atoms with Gasteiger partial charge in [-0.25, -0.2) is 17.2 Å². The molecule has 3 rings (SSSR count). The highest BCUT2D eigenvalue weighted by atomic mass is 32.2. The van der Waals surface area contributed by atoms with Crippen LogP contribution in [0.15, 0.2) is 66.0 Å². The molecule has 0 amide bonds. The predicted molar refractivity (Wildman–Crippen MR) is 96.4 cm³/mol. The normalized spacial score (nSPS) is 11.4. The Bertz CT molecular complexity index is 1040. The number of hydrogen-bond acceptors (Lipinski definition) is 5. The van der Waals surface area contributed by atoms with E-state index in [0.717, 1.165) is 33.6 Å². The van der Waals surface area contributed by atoms with E-state index in [-0.39, 0.29) is 10.5 Å². The molecule has 0 aliphatic rings. The Morgan fingerprint density at radius 3 is 2.58 bits per heavy atom. The lowest BCUT2D eigenvalue weighted by Crippen LogP contribution is -2.14. The Balaban J connectivity index is 2.18. The number of nitrogens with one attached hydrogen (secondary N) is 1. The Kier molecular flexibility index (Phi) is 4.88. The number of carbonyl (C=O) groups is 1. The fourth-order valence-corrected chi connectivity index (χ4v) is 3.99. The van der Waals surface area contributed by atoms with Crippen molar-refractivity contribution in [1.82, 2.24) is 14.3 Å². The molecule has 26 heavy (non-hydrogen) atoms. The van der Waals surface area contributed by atoms with Crippen molar-refractivity contribution in [3.05, 3.63) is 72.2 Å². The maximum absolute atomic E-state index is 13.1. The van der Waals surface area contributed by atoms with Crippen LogP contribution in [0, 0.1) is 0 Å². The number of carboxylic acids is 1. The summed E-state index contributed by atoms with van der Waals surface area (Å²) in [6, 6.07) is 12.0. The SMILES string of the molecule is CNCc1cc(-c2ccccc2)n(S(=O)(=O)c2cncc(C(=O)O)c2)c1. The van der Waals surface area contributed by atoms with Crippen LogP contribution in [-0.2, 0) is 16.6 Å². The van der Waals surface area contributed by atoms with Crippen molar-refractivity contribution >= 4 is 16.0 Å². The van der Waals surface area contributed by atoms with E-state index >= 15 is 0 Å². The van der Waals surface area contributed by atoms with Gasteiger partial charge in [0.25, 0.3) is 10.0 Å². The van der Waals surface area contributed by atoms with Crippen molar-refractivity contribution in [3.8, 4) is 11.3 Å². The average molecular weight is 371 g/mol. The van der Waals surface area contributed by atoms with E-state index in [9.17, 15) is 13.2 Å². The molecule has 0 radical (unpaired) electrons. The fraction of sp³-hybridized carbons (Fsp3) is 0.111. The summed E-state index contributed by atoms with van der Waals surface area (Å²) in [5.41, 5.74) is 1.84. The molecule has 8 heteroatoms. The second-order valence-corrected chi connectivity index (χ2v) is 7.46. The van der Waals surface area contributed by atoms with Crippen LogP contribution >= 0.6 is 0 Å². The quantitative estimate of drug-likeness (QED) is 0.689. The Morgan fingerprint density at radius 1 is 1.19 bits per heavy atom. The predicted octanol–water partition coefficient (Wildman–Crippen LogP) is 2.20. The molecule has 0 bridgehead atoms.